The van der Waals surface area contributed by atoms with Gasteiger partial charge in [-0.05, 0) is 17.7 Å². The van der Waals surface area contributed by atoms with E-state index >= 15 is 0 Å². The average molecular weight is 219 g/mol. The van der Waals surface area contributed by atoms with E-state index in [4.69, 9.17) is 0 Å². The van der Waals surface area contributed by atoms with E-state index in [0.717, 1.165) is 30.8 Å². The monoisotopic (exact) mass is 219 g/mol. The van der Waals surface area contributed by atoms with Crippen molar-refractivity contribution in [1.82, 2.24) is 15.3 Å². The highest BCUT2D eigenvalue weighted by atomic mass is 19.1. The molecule has 84 valence electrons. The highest BCUT2D eigenvalue weighted by Gasteiger charge is 1.95. The van der Waals surface area contributed by atoms with Crippen molar-refractivity contribution >= 4 is 0 Å². The van der Waals surface area contributed by atoms with Gasteiger partial charge in [0.2, 0.25) is 0 Å². The zero-order valence-electron chi connectivity index (χ0n) is 8.91. The minimum atomic E-state index is -0.193. The van der Waals surface area contributed by atoms with Crippen LogP contribution >= 0.6 is 0 Å². The summed E-state index contributed by atoms with van der Waals surface area (Å²) >= 11 is 0. The second kappa shape index (κ2) is 5.42. The zero-order valence-corrected chi connectivity index (χ0v) is 8.91. The first-order valence-electron chi connectivity index (χ1n) is 5.27. The fourth-order valence-corrected chi connectivity index (χ4v) is 1.48. The van der Waals surface area contributed by atoms with Crippen LogP contribution in [0.5, 0.6) is 0 Å². The van der Waals surface area contributed by atoms with Crippen LogP contribution in [-0.2, 0) is 13.0 Å². The van der Waals surface area contributed by atoms with Gasteiger partial charge in [-0.25, -0.2) is 9.37 Å². The standard InChI is InChI=1S/C12H14FN3/c13-11-3-1-10(2-4-11)7-14-6-5-12-8-15-9-16-12/h1-4,8-9,14H,5-7H2,(H,15,16). The van der Waals surface area contributed by atoms with Crippen molar-refractivity contribution in [3.63, 3.8) is 0 Å². The maximum atomic E-state index is 12.6. The number of hydrogen-bond acceptors (Lipinski definition) is 2. The molecule has 0 amide bonds. The second-order valence-electron chi connectivity index (χ2n) is 3.63. The molecule has 1 aromatic heterocycles. The summed E-state index contributed by atoms with van der Waals surface area (Å²) in [5, 5.41) is 3.29. The van der Waals surface area contributed by atoms with Crippen molar-refractivity contribution in [2.75, 3.05) is 6.54 Å². The molecule has 4 heteroatoms. The summed E-state index contributed by atoms with van der Waals surface area (Å²) in [5.74, 6) is -0.193. The lowest BCUT2D eigenvalue weighted by atomic mass is 10.2. The lowest BCUT2D eigenvalue weighted by molar-refractivity contribution is 0.624. The number of hydrogen-bond donors (Lipinski definition) is 2. The first kappa shape index (κ1) is 10.8. The van der Waals surface area contributed by atoms with Gasteiger partial charge in [0.25, 0.3) is 0 Å². The maximum absolute atomic E-state index is 12.6. The molecule has 0 unspecified atom stereocenters. The van der Waals surface area contributed by atoms with E-state index in [1.807, 2.05) is 6.20 Å². The number of nitrogens with zero attached hydrogens (tertiary/aromatic N) is 1. The Labute approximate surface area is 93.7 Å². The van der Waals surface area contributed by atoms with E-state index in [2.05, 4.69) is 15.3 Å². The molecule has 0 fully saturated rings. The predicted molar refractivity (Wildman–Crippen MR) is 60.4 cm³/mol. The lowest BCUT2D eigenvalue weighted by Crippen LogP contribution is -2.16. The van der Waals surface area contributed by atoms with Crippen molar-refractivity contribution in [2.45, 2.75) is 13.0 Å². The number of rotatable bonds is 5. The summed E-state index contributed by atoms with van der Waals surface area (Å²) in [5.41, 5.74) is 2.21. The van der Waals surface area contributed by atoms with Crippen LogP contribution in [0.4, 0.5) is 4.39 Å². The number of halogens is 1. The molecule has 16 heavy (non-hydrogen) atoms. The van der Waals surface area contributed by atoms with E-state index in [9.17, 15) is 4.39 Å². The zero-order chi connectivity index (χ0) is 11.2. The molecule has 0 bridgehead atoms. The van der Waals surface area contributed by atoms with Crippen LogP contribution in [-0.4, -0.2) is 16.5 Å². The molecule has 0 aliphatic heterocycles. The van der Waals surface area contributed by atoms with Gasteiger partial charge < -0.3 is 10.3 Å². The average Bonchev–Trinajstić information content (AvgIpc) is 2.80. The minimum Gasteiger partial charge on any atom is -0.348 e. The third-order valence-corrected chi connectivity index (χ3v) is 2.37. The summed E-state index contributed by atoms with van der Waals surface area (Å²) in [6.45, 7) is 1.63. The van der Waals surface area contributed by atoms with Gasteiger partial charge in [0.05, 0.1) is 6.33 Å². The third kappa shape index (κ3) is 3.17. The molecule has 0 aliphatic rings. The van der Waals surface area contributed by atoms with Crippen LogP contribution in [0.3, 0.4) is 0 Å². The Morgan fingerprint density at radius 2 is 2.06 bits per heavy atom. The fourth-order valence-electron chi connectivity index (χ4n) is 1.48. The number of imidazole rings is 1. The number of H-pyrrole nitrogens is 1. The predicted octanol–water partition coefficient (Wildman–Crippen LogP) is 1.88. The van der Waals surface area contributed by atoms with Crippen LogP contribution in [0.2, 0.25) is 0 Å². The molecular weight excluding hydrogens is 205 g/mol. The van der Waals surface area contributed by atoms with Gasteiger partial charge in [-0.2, -0.15) is 0 Å². The Hall–Kier alpha value is -1.68. The first-order valence-corrected chi connectivity index (χ1v) is 5.27. The summed E-state index contributed by atoms with van der Waals surface area (Å²) in [7, 11) is 0. The number of aromatic nitrogens is 2. The molecule has 0 aliphatic carbocycles. The molecule has 2 rings (SSSR count). The van der Waals surface area contributed by atoms with Gasteiger partial charge in [0, 0.05) is 31.4 Å². The molecule has 0 radical (unpaired) electrons. The van der Waals surface area contributed by atoms with Crippen LogP contribution in [0, 0.1) is 5.82 Å². The van der Waals surface area contributed by atoms with Gasteiger partial charge in [0.15, 0.2) is 0 Å². The minimum absolute atomic E-state index is 0.193. The Balaban J connectivity index is 1.70. The molecular formula is C12H14FN3. The molecule has 1 heterocycles. The van der Waals surface area contributed by atoms with Crippen LogP contribution in [0.25, 0.3) is 0 Å². The van der Waals surface area contributed by atoms with Crippen molar-refractivity contribution < 1.29 is 4.39 Å². The summed E-state index contributed by atoms with van der Waals surface area (Å²) in [6, 6.07) is 6.54. The molecule has 0 saturated carbocycles. The topological polar surface area (TPSA) is 40.7 Å². The maximum Gasteiger partial charge on any atom is 0.123 e. The highest BCUT2D eigenvalue weighted by molar-refractivity contribution is 5.15. The van der Waals surface area contributed by atoms with E-state index in [-0.39, 0.29) is 5.82 Å². The Morgan fingerprint density at radius 1 is 1.25 bits per heavy atom. The molecule has 2 N–H and O–H groups in total. The van der Waals surface area contributed by atoms with Crippen molar-refractivity contribution in [3.05, 3.63) is 53.9 Å². The number of benzene rings is 1. The Kier molecular flexibility index (Phi) is 3.66. The van der Waals surface area contributed by atoms with Gasteiger partial charge >= 0.3 is 0 Å². The fraction of sp³-hybridized carbons (Fsp3) is 0.250. The molecule has 2 aromatic rings. The third-order valence-electron chi connectivity index (χ3n) is 2.37. The number of aromatic amines is 1. The van der Waals surface area contributed by atoms with Crippen LogP contribution in [0.15, 0.2) is 36.8 Å². The lowest BCUT2D eigenvalue weighted by Gasteiger charge is -2.03. The summed E-state index contributed by atoms with van der Waals surface area (Å²) in [4.78, 5) is 6.99. The molecule has 1 aromatic carbocycles. The van der Waals surface area contributed by atoms with Gasteiger partial charge in [-0.15, -0.1) is 0 Å². The smallest absolute Gasteiger partial charge is 0.123 e. The van der Waals surface area contributed by atoms with E-state index in [1.165, 1.54) is 12.1 Å². The van der Waals surface area contributed by atoms with E-state index in [0.29, 0.717) is 0 Å². The van der Waals surface area contributed by atoms with Gasteiger partial charge in [-0.1, -0.05) is 12.1 Å². The SMILES string of the molecule is Fc1ccc(CNCCc2cnc[nH]2)cc1. The molecule has 3 nitrogen and oxygen atoms in total. The highest BCUT2D eigenvalue weighted by Crippen LogP contribution is 2.02. The summed E-state index contributed by atoms with van der Waals surface area (Å²) in [6.07, 6.45) is 4.41. The summed E-state index contributed by atoms with van der Waals surface area (Å²) < 4.78 is 12.6. The van der Waals surface area contributed by atoms with E-state index < -0.39 is 0 Å². The van der Waals surface area contributed by atoms with Crippen molar-refractivity contribution in [2.24, 2.45) is 0 Å². The second-order valence-corrected chi connectivity index (χ2v) is 3.63. The normalized spacial score (nSPS) is 10.6. The quantitative estimate of drug-likeness (QED) is 0.754. The van der Waals surface area contributed by atoms with E-state index in [1.54, 1.807) is 18.5 Å². The Bertz CT molecular complexity index is 408. The van der Waals surface area contributed by atoms with Gasteiger partial charge in [0.1, 0.15) is 5.82 Å². The van der Waals surface area contributed by atoms with Crippen molar-refractivity contribution in [3.8, 4) is 0 Å². The van der Waals surface area contributed by atoms with Crippen LogP contribution < -0.4 is 5.32 Å². The van der Waals surface area contributed by atoms with Gasteiger partial charge in [-0.3, -0.25) is 0 Å². The first-order chi connectivity index (χ1) is 7.84. The molecule has 0 saturated heterocycles. The number of nitrogens with one attached hydrogen (secondary N) is 2. The Morgan fingerprint density at radius 3 is 2.75 bits per heavy atom. The largest absolute Gasteiger partial charge is 0.348 e. The van der Waals surface area contributed by atoms with Crippen molar-refractivity contribution in [1.29, 1.82) is 0 Å². The van der Waals surface area contributed by atoms with Crippen LogP contribution in [0.1, 0.15) is 11.3 Å². The molecule has 0 spiro atoms. The molecule has 0 atom stereocenters.